The number of benzene rings is 3. The van der Waals surface area contributed by atoms with Crippen LogP contribution >= 0.6 is 0 Å². The number of phenolic OH excluding ortho intramolecular Hbond substituents is 1. The molecule has 6 rings (SSSR count). The number of rotatable bonds is 12. The highest BCUT2D eigenvalue weighted by atomic mass is 16.4. The van der Waals surface area contributed by atoms with Crippen molar-refractivity contribution in [2.24, 2.45) is 0 Å². The number of hydrogen-bond acceptors (Lipinski definition) is 7. The van der Waals surface area contributed by atoms with E-state index < -0.39 is 17.5 Å². The van der Waals surface area contributed by atoms with Gasteiger partial charge in [-0.3, -0.25) is 9.59 Å². The van der Waals surface area contributed by atoms with Gasteiger partial charge in [0.15, 0.2) is 0 Å². The first-order valence-electron chi connectivity index (χ1n) is 15.7. The predicted octanol–water partition coefficient (Wildman–Crippen LogP) is 5.11. The molecule has 1 fully saturated rings. The van der Waals surface area contributed by atoms with E-state index in [1.165, 1.54) is 17.7 Å². The van der Waals surface area contributed by atoms with E-state index in [9.17, 15) is 24.9 Å². The number of nitrogens with one attached hydrogen (secondary N) is 2. The van der Waals surface area contributed by atoms with Crippen molar-refractivity contribution in [1.82, 2.24) is 25.3 Å². The van der Waals surface area contributed by atoms with E-state index in [2.05, 4.69) is 32.7 Å². The van der Waals surface area contributed by atoms with Gasteiger partial charge in [0.1, 0.15) is 11.3 Å². The highest BCUT2D eigenvalue weighted by Crippen LogP contribution is 2.40. The summed E-state index contributed by atoms with van der Waals surface area (Å²) in [5.41, 5.74) is 4.77. The van der Waals surface area contributed by atoms with Gasteiger partial charge in [-0.25, -0.2) is 4.68 Å². The number of phenols is 1. The minimum Gasteiger partial charge on any atom is -0.506 e. The van der Waals surface area contributed by atoms with Gasteiger partial charge >= 0.3 is 5.97 Å². The van der Waals surface area contributed by atoms with E-state index in [0.29, 0.717) is 35.9 Å². The van der Waals surface area contributed by atoms with Crippen molar-refractivity contribution < 1.29 is 20.1 Å². The molecule has 1 atom stereocenters. The molecule has 10 heteroatoms. The van der Waals surface area contributed by atoms with Gasteiger partial charge < -0.3 is 25.6 Å². The van der Waals surface area contributed by atoms with Crippen molar-refractivity contribution >= 4 is 27.9 Å². The Balaban J connectivity index is 1.02. The topological polar surface area (TPSA) is 153 Å². The first-order chi connectivity index (χ1) is 21.8. The number of aromatic amines is 1. The van der Waals surface area contributed by atoms with Gasteiger partial charge in [-0.2, -0.15) is 0 Å². The van der Waals surface area contributed by atoms with Crippen LogP contribution in [0.15, 0.2) is 71.5 Å². The van der Waals surface area contributed by atoms with Crippen molar-refractivity contribution in [3.8, 4) is 5.75 Å². The van der Waals surface area contributed by atoms with Crippen LogP contribution in [-0.4, -0.2) is 47.8 Å². The van der Waals surface area contributed by atoms with Gasteiger partial charge in [0, 0.05) is 31.1 Å². The molecule has 5 aromatic rings. The zero-order valence-corrected chi connectivity index (χ0v) is 25.2. The summed E-state index contributed by atoms with van der Waals surface area (Å²) in [7, 11) is 0. The molecule has 45 heavy (non-hydrogen) atoms. The zero-order chi connectivity index (χ0) is 31.4. The number of H-pyrrole nitrogens is 1. The van der Waals surface area contributed by atoms with Crippen LogP contribution < -0.4 is 10.9 Å². The summed E-state index contributed by atoms with van der Waals surface area (Å²) in [4.78, 5) is 26.6. The summed E-state index contributed by atoms with van der Waals surface area (Å²) >= 11 is 0. The molecule has 0 aliphatic heterocycles. The first-order valence-corrected chi connectivity index (χ1v) is 15.7. The molecule has 0 radical (unpaired) electrons. The SMILES string of the molecule is O=C(O)C1(c2cccc(CCCCn3nnc4cc(CNCC(O)c5ccc(O)c6[nH]c(=O)ccc56)ccc43)c2)CCCCC1. The second-order valence-corrected chi connectivity index (χ2v) is 12.2. The van der Waals surface area contributed by atoms with Gasteiger partial charge in [-0.1, -0.05) is 60.9 Å². The molecule has 1 saturated carbocycles. The van der Waals surface area contributed by atoms with Crippen molar-refractivity contribution in [2.75, 3.05) is 6.54 Å². The fourth-order valence-electron chi connectivity index (χ4n) is 6.70. The number of carboxylic acids is 1. The largest absolute Gasteiger partial charge is 0.506 e. The Morgan fingerprint density at radius 1 is 1.00 bits per heavy atom. The van der Waals surface area contributed by atoms with Crippen LogP contribution in [0.25, 0.3) is 21.9 Å². The van der Waals surface area contributed by atoms with Gasteiger partial charge in [0.25, 0.3) is 0 Å². The number of aromatic hydroxyl groups is 1. The average molecular weight is 610 g/mol. The predicted molar refractivity (Wildman–Crippen MR) is 172 cm³/mol. The standard InChI is InChI=1S/C35H39N5O5/c41-30-14-11-26(27-12-15-32(43)37-33(27)30)31(42)22-36-21-24-10-13-29-28(20-24)38-39-40(29)18-5-2-7-23-8-6-9-25(19-23)35(34(44)45)16-3-1-4-17-35/h6,8-15,19-20,31,36,41-42H,1-5,7,16-18,21-22H2,(H,37,43)(H,44,45). The quantitative estimate of drug-likeness (QED) is 0.122. The summed E-state index contributed by atoms with van der Waals surface area (Å²) in [6, 6.07) is 20.3. The van der Waals surface area contributed by atoms with E-state index in [-0.39, 0.29) is 17.9 Å². The molecule has 10 nitrogen and oxygen atoms in total. The third-order valence-corrected chi connectivity index (χ3v) is 9.19. The average Bonchev–Trinajstić information content (AvgIpc) is 3.46. The Morgan fingerprint density at radius 3 is 2.67 bits per heavy atom. The monoisotopic (exact) mass is 609 g/mol. The molecule has 234 valence electrons. The van der Waals surface area contributed by atoms with Crippen molar-refractivity contribution in [3.05, 3.63) is 99.3 Å². The van der Waals surface area contributed by atoms with Gasteiger partial charge in [-0.15, -0.1) is 5.10 Å². The Labute approximate surface area is 260 Å². The van der Waals surface area contributed by atoms with E-state index in [4.69, 9.17) is 0 Å². The van der Waals surface area contributed by atoms with Gasteiger partial charge in [0.05, 0.1) is 22.6 Å². The fraction of sp³-hybridized carbons (Fsp3) is 0.371. The van der Waals surface area contributed by atoms with Crippen molar-refractivity contribution in [1.29, 1.82) is 0 Å². The lowest BCUT2D eigenvalue weighted by atomic mass is 9.69. The summed E-state index contributed by atoms with van der Waals surface area (Å²) in [5, 5.41) is 43.6. The summed E-state index contributed by atoms with van der Waals surface area (Å²) < 4.78 is 1.93. The lowest BCUT2D eigenvalue weighted by molar-refractivity contribution is -0.145. The molecule has 5 N–H and O–H groups in total. The Bertz CT molecular complexity index is 1870. The third-order valence-electron chi connectivity index (χ3n) is 9.19. The molecule has 2 heterocycles. The molecule has 1 aliphatic rings. The zero-order valence-electron chi connectivity index (χ0n) is 25.2. The van der Waals surface area contributed by atoms with E-state index in [1.807, 2.05) is 35.0 Å². The number of aromatic nitrogens is 4. The van der Waals surface area contributed by atoms with E-state index in [0.717, 1.165) is 67.2 Å². The number of aliphatic hydroxyl groups excluding tert-OH is 1. The molecule has 0 spiro atoms. The lowest BCUT2D eigenvalue weighted by Crippen LogP contribution is -2.37. The van der Waals surface area contributed by atoms with Crippen LogP contribution in [0.3, 0.4) is 0 Å². The fourth-order valence-corrected chi connectivity index (χ4v) is 6.70. The molecule has 2 aromatic heterocycles. The molecule has 0 saturated heterocycles. The minimum absolute atomic E-state index is 0.0388. The molecule has 0 amide bonds. The number of aryl methyl sites for hydroxylation is 2. The second kappa shape index (κ2) is 13.2. The minimum atomic E-state index is -0.836. The number of aliphatic carboxylic acids is 1. The van der Waals surface area contributed by atoms with Crippen LogP contribution in [0.1, 0.15) is 73.3 Å². The first kappa shape index (κ1) is 30.5. The molecular weight excluding hydrogens is 570 g/mol. The molecular formula is C35H39N5O5. The maximum atomic E-state index is 12.3. The highest BCUT2D eigenvalue weighted by Gasteiger charge is 2.41. The Hall–Kier alpha value is -4.54. The van der Waals surface area contributed by atoms with E-state index >= 15 is 0 Å². The number of fused-ring (bicyclic) bond motifs is 2. The van der Waals surface area contributed by atoms with Crippen LogP contribution in [0.5, 0.6) is 5.75 Å². The summed E-state index contributed by atoms with van der Waals surface area (Å²) in [6.45, 7) is 1.55. The molecule has 1 unspecified atom stereocenters. The maximum Gasteiger partial charge on any atom is 0.314 e. The molecule has 1 aliphatic carbocycles. The number of carbonyl (C=O) groups is 1. The van der Waals surface area contributed by atoms with Crippen molar-refractivity contribution in [3.63, 3.8) is 0 Å². The number of aliphatic hydroxyl groups is 1. The second-order valence-electron chi connectivity index (χ2n) is 12.2. The number of unbranched alkanes of at least 4 members (excludes halogenated alkanes) is 1. The lowest BCUT2D eigenvalue weighted by Gasteiger charge is -2.34. The Morgan fingerprint density at radius 2 is 1.84 bits per heavy atom. The van der Waals surface area contributed by atoms with Crippen molar-refractivity contribution in [2.45, 2.75) is 76.0 Å². The smallest absolute Gasteiger partial charge is 0.314 e. The highest BCUT2D eigenvalue weighted by molar-refractivity contribution is 5.87. The molecule has 0 bridgehead atoms. The van der Waals surface area contributed by atoms with E-state index in [1.54, 1.807) is 12.1 Å². The van der Waals surface area contributed by atoms with Crippen LogP contribution in [-0.2, 0) is 29.7 Å². The number of hydrogen-bond donors (Lipinski definition) is 5. The number of pyridine rings is 1. The van der Waals surface area contributed by atoms with Crippen LogP contribution in [0.4, 0.5) is 0 Å². The summed E-state index contributed by atoms with van der Waals surface area (Å²) in [5.74, 6) is -0.737. The normalized spacial score (nSPS) is 15.4. The van der Waals surface area contributed by atoms with Crippen LogP contribution in [0, 0.1) is 0 Å². The number of carboxylic acid groups (broad SMARTS) is 1. The third kappa shape index (κ3) is 6.48. The number of nitrogens with zero attached hydrogens (tertiary/aromatic N) is 3. The summed E-state index contributed by atoms with van der Waals surface area (Å²) in [6.07, 6.45) is 6.40. The van der Waals surface area contributed by atoms with Gasteiger partial charge in [0.2, 0.25) is 5.56 Å². The molecule has 3 aromatic carbocycles. The Kier molecular flexibility index (Phi) is 8.95. The van der Waals surface area contributed by atoms with Crippen LogP contribution in [0.2, 0.25) is 0 Å². The van der Waals surface area contributed by atoms with Gasteiger partial charge in [-0.05, 0) is 78.6 Å². The maximum absolute atomic E-state index is 12.3.